The van der Waals surface area contributed by atoms with Crippen molar-refractivity contribution >= 4 is 6.29 Å². The van der Waals surface area contributed by atoms with E-state index >= 15 is 0 Å². The van der Waals surface area contributed by atoms with E-state index in [-0.39, 0.29) is 18.5 Å². The molecule has 0 spiro atoms. The minimum Gasteiger partial charge on any atom is -0.350 e. The Morgan fingerprint density at radius 2 is 1.60 bits per heavy atom. The Labute approximate surface area is 92.5 Å². The smallest absolute Gasteiger partial charge is 0.161 e. The minimum absolute atomic E-state index is 0.124. The molecule has 0 aliphatic rings. The molecule has 0 N–H and O–H groups in total. The van der Waals surface area contributed by atoms with Gasteiger partial charge < -0.3 is 9.47 Å². The lowest BCUT2D eigenvalue weighted by Gasteiger charge is -2.21. The van der Waals surface area contributed by atoms with Crippen molar-refractivity contribution in [2.45, 2.75) is 59.5 Å². The molecule has 0 saturated heterocycles. The molecule has 3 heteroatoms. The first-order valence-corrected chi connectivity index (χ1v) is 5.38. The lowest BCUT2D eigenvalue weighted by Crippen LogP contribution is -2.24. The van der Waals surface area contributed by atoms with E-state index < -0.39 is 0 Å². The summed E-state index contributed by atoms with van der Waals surface area (Å²) in [5.41, 5.74) is 0.708. The lowest BCUT2D eigenvalue weighted by atomic mass is 10.2. The molecule has 0 rings (SSSR count). The maximum Gasteiger partial charge on any atom is 0.161 e. The predicted octanol–water partition coefficient (Wildman–Crippen LogP) is 2.70. The first-order valence-electron chi connectivity index (χ1n) is 5.38. The molecule has 0 bridgehead atoms. The van der Waals surface area contributed by atoms with Crippen molar-refractivity contribution in [2.24, 2.45) is 0 Å². The molecule has 3 nitrogen and oxygen atoms in total. The number of ether oxygens (including phenoxy) is 2. The van der Waals surface area contributed by atoms with Crippen molar-refractivity contribution in [3.63, 3.8) is 0 Å². The Hall–Kier alpha value is -0.670. The lowest BCUT2D eigenvalue weighted by molar-refractivity contribution is -0.178. The molecular weight excluding hydrogens is 192 g/mol. The van der Waals surface area contributed by atoms with E-state index in [0.29, 0.717) is 12.0 Å². The average molecular weight is 214 g/mol. The SMILES string of the molecule is C/C(C=O)=C\CC(OC(C)C)OC(C)C. The molecule has 0 aliphatic heterocycles. The van der Waals surface area contributed by atoms with E-state index in [1.807, 2.05) is 33.8 Å². The summed E-state index contributed by atoms with van der Waals surface area (Å²) in [7, 11) is 0. The molecular formula is C12H22O3. The third-order valence-electron chi connectivity index (χ3n) is 1.67. The van der Waals surface area contributed by atoms with E-state index in [0.717, 1.165) is 6.29 Å². The zero-order valence-electron chi connectivity index (χ0n) is 10.3. The van der Waals surface area contributed by atoms with E-state index in [1.54, 1.807) is 6.92 Å². The summed E-state index contributed by atoms with van der Waals surface area (Å²) in [5, 5.41) is 0. The predicted molar refractivity (Wildman–Crippen MR) is 60.7 cm³/mol. The van der Waals surface area contributed by atoms with Gasteiger partial charge in [-0.15, -0.1) is 0 Å². The van der Waals surface area contributed by atoms with Crippen LogP contribution in [-0.4, -0.2) is 24.8 Å². The molecule has 0 aromatic carbocycles. The van der Waals surface area contributed by atoms with Gasteiger partial charge in [-0.1, -0.05) is 6.08 Å². The van der Waals surface area contributed by atoms with Gasteiger partial charge in [-0.3, -0.25) is 4.79 Å². The highest BCUT2D eigenvalue weighted by molar-refractivity contribution is 5.71. The van der Waals surface area contributed by atoms with Gasteiger partial charge in [0.1, 0.15) is 6.29 Å². The maximum absolute atomic E-state index is 10.4. The van der Waals surface area contributed by atoms with Gasteiger partial charge in [-0.05, 0) is 40.2 Å². The molecule has 0 heterocycles. The molecule has 0 aromatic rings. The van der Waals surface area contributed by atoms with Crippen LogP contribution < -0.4 is 0 Å². The Bertz CT molecular complexity index is 197. The molecule has 0 radical (unpaired) electrons. The van der Waals surface area contributed by atoms with Crippen molar-refractivity contribution in [3.8, 4) is 0 Å². The summed E-state index contributed by atoms with van der Waals surface area (Å²) in [6.45, 7) is 9.63. The van der Waals surface area contributed by atoms with Gasteiger partial charge >= 0.3 is 0 Å². The standard InChI is InChI=1S/C12H22O3/c1-9(2)14-12(15-10(3)4)7-6-11(5)8-13/h6,8-10,12H,7H2,1-5H3/b11-6+. The summed E-state index contributed by atoms with van der Waals surface area (Å²) in [6.07, 6.45) is 3.27. The quantitative estimate of drug-likeness (QED) is 0.371. The maximum atomic E-state index is 10.4. The molecule has 0 aromatic heterocycles. The Morgan fingerprint density at radius 3 is 1.93 bits per heavy atom. The van der Waals surface area contributed by atoms with E-state index in [1.165, 1.54) is 0 Å². The van der Waals surface area contributed by atoms with Crippen LogP contribution in [0.5, 0.6) is 0 Å². The van der Waals surface area contributed by atoms with E-state index in [4.69, 9.17) is 9.47 Å². The third-order valence-corrected chi connectivity index (χ3v) is 1.67. The van der Waals surface area contributed by atoms with Gasteiger partial charge in [-0.25, -0.2) is 0 Å². The van der Waals surface area contributed by atoms with Crippen LogP contribution >= 0.6 is 0 Å². The topological polar surface area (TPSA) is 35.5 Å². The van der Waals surface area contributed by atoms with Crippen LogP contribution in [0.2, 0.25) is 0 Å². The molecule has 0 atom stereocenters. The van der Waals surface area contributed by atoms with E-state index in [2.05, 4.69) is 0 Å². The van der Waals surface area contributed by atoms with Crippen LogP contribution in [0.3, 0.4) is 0 Å². The van der Waals surface area contributed by atoms with Gasteiger partial charge in [-0.2, -0.15) is 0 Å². The Kier molecular flexibility index (Phi) is 7.26. The monoisotopic (exact) mass is 214 g/mol. The van der Waals surface area contributed by atoms with Crippen LogP contribution in [0, 0.1) is 0 Å². The molecule has 0 saturated carbocycles. The van der Waals surface area contributed by atoms with Gasteiger partial charge in [0.2, 0.25) is 0 Å². The summed E-state index contributed by atoms with van der Waals surface area (Å²) in [5.74, 6) is 0. The highest BCUT2D eigenvalue weighted by Gasteiger charge is 2.11. The highest BCUT2D eigenvalue weighted by atomic mass is 16.7. The zero-order valence-corrected chi connectivity index (χ0v) is 10.3. The fourth-order valence-corrected chi connectivity index (χ4v) is 1.08. The molecule has 15 heavy (non-hydrogen) atoms. The number of allylic oxidation sites excluding steroid dienone is 1. The largest absolute Gasteiger partial charge is 0.350 e. The summed E-state index contributed by atoms with van der Waals surface area (Å²) in [6, 6.07) is 0. The van der Waals surface area contributed by atoms with Crippen LogP contribution in [0.25, 0.3) is 0 Å². The Balaban J connectivity index is 4.17. The molecule has 88 valence electrons. The fraction of sp³-hybridized carbons (Fsp3) is 0.750. The molecule has 0 aliphatic carbocycles. The molecule has 0 unspecified atom stereocenters. The second-order valence-corrected chi connectivity index (χ2v) is 4.10. The van der Waals surface area contributed by atoms with Crippen LogP contribution in [0.1, 0.15) is 41.0 Å². The van der Waals surface area contributed by atoms with Crippen molar-refractivity contribution in [3.05, 3.63) is 11.6 Å². The minimum atomic E-state index is -0.264. The summed E-state index contributed by atoms with van der Waals surface area (Å²) < 4.78 is 11.1. The zero-order chi connectivity index (χ0) is 11.8. The van der Waals surface area contributed by atoms with Crippen LogP contribution in [-0.2, 0) is 14.3 Å². The van der Waals surface area contributed by atoms with Gasteiger partial charge in [0.25, 0.3) is 0 Å². The number of hydrogen-bond donors (Lipinski definition) is 0. The number of rotatable bonds is 7. The van der Waals surface area contributed by atoms with Crippen LogP contribution in [0.4, 0.5) is 0 Å². The second-order valence-electron chi connectivity index (χ2n) is 4.10. The summed E-state index contributed by atoms with van der Waals surface area (Å²) >= 11 is 0. The first-order chi connectivity index (χ1) is 6.95. The van der Waals surface area contributed by atoms with E-state index in [9.17, 15) is 4.79 Å². The third kappa shape index (κ3) is 8.33. The Morgan fingerprint density at radius 1 is 1.13 bits per heavy atom. The van der Waals surface area contributed by atoms with Crippen molar-refractivity contribution < 1.29 is 14.3 Å². The molecule has 0 amide bonds. The normalized spacial score (nSPS) is 12.9. The van der Waals surface area contributed by atoms with Crippen molar-refractivity contribution in [1.29, 1.82) is 0 Å². The highest BCUT2D eigenvalue weighted by Crippen LogP contribution is 2.09. The van der Waals surface area contributed by atoms with Gasteiger partial charge in [0.05, 0.1) is 12.2 Å². The first kappa shape index (κ1) is 14.3. The average Bonchev–Trinajstić information content (AvgIpc) is 2.11. The number of aldehydes is 1. The second kappa shape index (κ2) is 7.60. The van der Waals surface area contributed by atoms with Gasteiger partial charge in [0.15, 0.2) is 6.29 Å². The van der Waals surface area contributed by atoms with Crippen molar-refractivity contribution in [2.75, 3.05) is 0 Å². The number of carbonyl (C=O) groups excluding carboxylic acids is 1. The molecule has 0 fully saturated rings. The summed E-state index contributed by atoms with van der Waals surface area (Å²) in [4.78, 5) is 10.4. The number of hydrogen-bond acceptors (Lipinski definition) is 3. The van der Waals surface area contributed by atoms with Gasteiger partial charge in [0, 0.05) is 6.42 Å². The fourth-order valence-electron chi connectivity index (χ4n) is 1.08. The van der Waals surface area contributed by atoms with Crippen molar-refractivity contribution in [1.82, 2.24) is 0 Å². The van der Waals surface area contributed by atoms with Crippen LogP contribution in [0.15, 0.2) is 11.6 Å². The number of carbonyl (C=O) groups is 1.